The number of rotatable bonds is 7. The molecule has 1 atom stereocenters. The molecule has 1 amide bonds. The number of benzene rings is 2. The number of hydrogen-bond donors (Lipinski definition) is 1. The Morgan fingerprint density at radius 3 is 2.72 bits per heavy atom. The molecule has 2 aromatic carbocycles. The Morgan fingerprint density at radius 2 is 1.90 bits per heavy atom. The first-order valence-electron chi connectivity index (χ1n) is 10.4. The van der Waals surface area contributed by atoms with Crippen LogP contribution >= 0.6 is 11.3 Å². The number of nitrogens with zero attached hydrogens (tertiary/aromatic N) is 1. The second kappa shape index (κ2) is 9.86. The van der Waals surface area contributed by atoms with E-state index in [1.807, 2.05) is 18.2 Å². The molecule has 0 spiro atoms. The molecule has 4 rings (SSSR count). The van der Waals surface area contributed by atoms with Crippen molar-refractivity contribution >= 4 is 17.2 Å². The summed E-state index contributed by atoms with van der Waals surface area (Å²) >= 11 is 1.77. The van der Waals surface area contributed by atoms with E-state index < -0.39 is 0 Å². The van der Waals surface area contributed by atoms with E-state index in [1.54, 1.807) is 11.3 Å². The van der Waals surface area contributed by atoms with Crippen LogP contribution in [0.2, 0.25) is 0 Å². The van der Waals surface area contributed by atoms with Crippen LogP contribution in [0.15, 0.2) is 72.1 Å². The van der Waals surface area contributed by atoms with Crippen molar-refractivity contribution in [1.82, 2.24) is 10.2 Å². The summed E-state index contributed by atoms with van der Waals surface area (Å²) in [7, 11) is 0. The molecule has 1 saturated heterocycles. The lowest BCUT2D eigenvalue weighted by atomic mass is 9.96. The van der Waals surface area contributed by atoms with Crippen LogP contribution in [-0.4, -0.2) is 30.4 Å². The Morgan fingerprint density at radius 1 is 1.03 bits per heavy atom. The Kier molecular flexibility index (Phi) is 6.75. The molecule has 150 valence electrons. The minimum absolute atomic E-state index is 0.0972. The number of thiophene rings is 1. The van der Waals surface area contributed by atoms with Gasteiger partial charge in [-0.05, 0) is 60.0 Å². The minimum atomic E-state index is 0.0972. The van der Waals surface area contributed by atoms with Crippen LogP contribution in [0.1, 0.15) is 24.0 Å². The highest BCUT2D eigenvalue weighted by Crippen LogP contribution is 2.26. The summed E-state index contributed by atoms with van der Waals surface area (Å²) in [5.74, 6) is 0.304. The highest BCUT2D eigenvalue weighted by Gasteiger charge is 2.25. The van der Waals surface area contributed by atoms with Gasteiger partial charge in [0.15, 0.2) is 0 Å². The first kappa shape index (κ1) is 19.9. The average molecular weight is 405 g/mol. The largest absolute Gasteiger partial charge is 0.355 e. The molecule has 1 unspecified atom stereocenters. The van der Waals surface area contributed by atoms with E-state index in [1.165, 1.54) is 21.6 Å². The third kappa shape index (κ3) is 5.55. The van der Waals surface area contributed by atoms with Gasteiger partial charge in [-0.15, -0.1) is 11.3 Å². The average Bonchev–Trinajstić information content (AvgIpc) is 3.30. The standard InChI is InChI=1S/C25H28N2OS/c28-25(26-14-13-20-7-2-1-3-8-20)23-11-5-15-27(19-23)18-21-9-4-10-22(17-21)24-12-6-16-29-24/h1-4,6-10,12,16-17,23H,5,11,13-15,18-19H2,(H,26,28). The Labute approximate surface area is 177 Å². The number of amides is 1. The van der Waals surface area contributed by atoms with Crippen LogP contribution in [0.25, 0.3) is 10.4 Å². The van der Waals surface area contributed by atoms with Gasteiger partial charge >= 0.3 is 0 Å². The molecule has 2 heterocycles. The van der Waals surface area contributed by atoms with Crippen molar-refractivity contribution in [1.29, 1.82) is 0 Å². The number of nitrogens with one attached hydrogen (secondary N) is 1. The molecule has 1 aliphatic rings. The molecular formula is C25H28N2OS. The van der Waals surface area contributed by atoms with Crippen molar-refractivity contribution in [2.45, 2.75) is 25.8 Å². The normalized spacial score (nSPS) is 17.2. The smallest absolute Gasteiger partial charge is 0.224 e. The fourth-order valence-electron chi connectivity index (χ4n) is 4.06. The summed E-state index contributed by atoms with van der Waals surface area (Å²) in [5, 5.41) is 5.27. The van der Waals surface area contributed by atoms with Gasteiger partial charge < -0.3 is 5.32 Å². The molecule has 1 fully saturated rings. The first-order valence-corrected chi connectivity index (χ1v) is 11.3. The third-order valence-corrected chi connectivity index (χ3v) is 6.49. The fraction of sp³-hybridized carbons (Fsp3) is 0.320. The molecule has 1 N–H and O–H groups in total. The van der Waals surface area contributed by atoms with E-state index in [0.717, 1.165) is 38.9 Å². The van der Waals surface area contributed by atoms with E-state index >= 15 is 0 Å². The van der Waals surface area contributed by atoms with Crippen molar-refractivity contribution in [3.8, 4) is 10.4 Å². The van der Waals surface area contributed by atoms with Crippen LogP contribution in [0.5, 0.6) is 0 Å². The highest BCUT2D eigenvalue weighted by molar-refractivity contribution is 7.13. The van der Waals surface area contributed by atoms with Crippen LogP contribution in [0.4, 0.5) is 0 Å². The molecule has 0 bridgehead atoms. The molecule has 0 aliphatic carbocycles. The van der Waals surface area contributed by atoms with Gasteiger partial charge in [0.25, 0.3) is 0 Å². The number of hydrogen-bond acceptors (Lipinski definition) is 3. The van der Waals surface area contributed by atoms with E-state index in [2.05, 4.69) is 64.1 Å². The molecule has 3 aromatic rings. The molecule has 4 heteroatoms. The van der Waals surface area contributed by atoms with Crippen molar-refractivity contribution in [3.63, 3.8) is 0 Å². The zero-order valence-corrected chi connectivity index (χ0v) is 17.5. The van der Waals surface area contributed by atoms with Crippen molar-refractivity contribution in [3.05, 3.63) is 83.2 Å². The van der Waals surface area contributed by atoms with Crippen LogP contribution in [-0.2, 0) is 17.8 Å². The number of piperidine rings is 1. The van der Waals surface area contributed by atoms with Gasteiger partial charge in [-0.25, -0.2) is 0 Å². The molecule has 1 aromatic heterocycles. The summed E-state index contributed by atoms with van der Waals surface area (Å²) in [4.78, 5) is 16.4. The fourth-order valence-corrected chi connectivity index (χ4v) is 4.78. The molecule has 1 aliphatic heterocycles. The zero-order valence-electron chi connectivity index (χ0n) is 16.7. The van der Waals surface area contributed by atoms with E-state index in [9.17, 15) is 4.79 Å². The molecular weight excluding hydrogens is 376 g/mol. The summed E-state index contributed by atoms with van der Waals surface area (Å²) in [6, 6.07) is 23.4. The summed E-state index contributed by atoms with van der Waals surface area (Å²) in [5.41, 5.74) is 3.87. The summed E-state index contributed by atoms with van der Waals surface area (Å²) in [6.45, 7) is 3.53. The Bertz CT molecular complexity index is 908. The predicted octanol–water partition coefficient (Wildman–Crippen LogP) is 4.99. The van der Waals surface area contributed by atoms with Crippen LogP contribution in [0.3, 0.4) is 0 Å². The lowest BCUT2D eigenvalue weighted by molar-refractivity contribution is -0.126. The maximum absolute atomic E-state index is 12.7. The number of carbonyl (C=O) groups is 1. The number of carbonyl (C=O) groups excluding carboxylic acids is 1. The van der Waals surface area contributed by atoms with Gasteiger partial charge in [0, 0.05) is 24.5 Å². The lowest BCUT2D eigenvalue weighted by Gasteiger charge is -2.32. The molecule has 29 heavy (non-hydrogen) atoms. The maximum Gasteiger partial charge on any atom is 0.224 e. The van der Waals surface area contributed by atoms with E-state index in [4.69, 9.17) is 0 Å². The minimum Gasteiger partial charge on any atom is -0.355 e. The zero-order chi connectivity index (χ0) is 19.9. The first-order chi connectivity index (χ1) is 14.3. The van der Waals surface area contributed by atoms with E-state index in [-0.39, 0.29) is 11.8 Å². The monoisotopic (exact) mass is 404 g/mol. The van der Waals surface area contributed by atoms with Gasteiger partial charge in [-0.1, -0.05) is 54.6 Å². The third-order valence-electron chi connectivity index (χ3n) is 5.57. The SMILES string of the molecule is O=C(NCCc1ccccc1)C1CCCN(Cc2cccc(-c3cccs3)c2)C1. The molecule has 0 radical (unpaired) electrons. The molecule has 3 nitrogen and oxygen atoms in total. The number of likely N-dealkylation sites (tertiary alicyclic amines) is 1. The van der Waals surface area contributed by atoms with Crippen molar-refractivity contribution in [2.24, 2.45) is 5.92 Å². The molecule has 0 saturated carbocycles. The van der Waals surface area contributed by atoms with Gasteiger partial charge in [-0.3, -0.25) is 9.69 Å². The quantitative estimate of drug-likeness (QED) is 0.602. The summed E-state index contributed by atoms with van der Waals surface area (Å²) in [6.07, 6.45) is 2.96. The van der Waals surface area contributed by atoms with E-state index in [0.29, 0.717) is 6.54 Å². The van der Waals surface area contributed by atoms with Gasteiger partial charge in [0.2, 0.25) is 5.91 Å². The van der Waals surface area contributed by atoms with Crippen LogP contribution < -0.4 is 5.32 Å². The Hall–Kier alpha value is -2.43. The summed E-state index contributed by atoms with van der Waals surface area (Å²) < 4.78 is 0. The Balaban J connectivity index is 1.29. The highest BCUT2D eigenvalue weighted by atomic mass is 32.1. The van der Waals surface area contributed by atoms with Crippen molar-refractivity contribution < 1.29 is 4.79 Å². The van der Waals surface area contributed by atoms with Crippen LogP contribution in [0, 0.1) is 5.92 Å². The van der Waals surface area contributed by atoms with Gasteiger partial charge in [0.1, 0.15) is 0 Å². The second-order valence-corrected chi connectivity index (χ2v) is 8.73. The topological polar surface area (TPSA) is 32.3 Å². The van der Waals surface area contributed by atoms with Gasteiger partial charge in [0.05, 0.1) is 5.92 Å². The second-order valence-electron chi connectivity index (χ2n) is 7.78. The van der Waals surface area contributed by atoms with Gasteiger partial charge in [-0.2, -0.15) is 0 Å². The van der Waals surface area contributed by atoms with Crippen molar-refractivity contribution in [2.75, 3.05) is 19.6 Å². The lowest BCUT2D eigenvalue weighted by Crippen LogP contribution is -2.43. The predicted molar refractivity (Wildman–Crippen MR) is 121 cm³/mol. The maximum atomic E-state index is 12.7.